The molecule has 1 heterocycles. The van der Waals surface area contributed by atoms with Crippen LogP contribution in [0.5, 0.6) is 0 Å². The van der Waals surface area contributed by atoms with E-state index in [2.05, 4.69) is 43.9 Å². The molecule has 56 valence electrons. The van der Waals surface area contributed by atoms with E-state index in [1.54, 1.807) is 0 Å². The first kappa shape index (κ1) is 7.39. The lowest BCUT2D eigenvalue weighted by molar-refractivity contribution is 0.730. The van der Waals surface area contributed by atoms with Crippen LogP contribution in [0.25, 0.3) is 0 Å². The first-order valence-electron chi connectivity index (χ1n) is 3.86. The lowest BCUT2D eigenvalue weighted by Crippen LogP contribution is -1.88. The zero-order valence-corrected chi connectivity index (χ0v) is 6.96. The largest absolute Gasteiger partial charge is 0.357 e. The van der Waals surface area contributed by atoms with Crippen LogP contribution >= 0.6 is 0 Å². The van der Waals surface area contributed by atoms with Gasteiger partial charge in [0.1, 0.15) is 0 Å². The summed E-state index contributed by atoms with van der Waals surface area (Å²) in [4.78, 5) is 0. The van der Waals surface area contributed by atoms with Crippen LogP contribution in [0, 0.1) is 0 Å². The van der Waals surface area contributed by atoms with Crippen LogP contribution in [0.2, 0.25) is 0 Å². The van der Waals surface area contributed by atoms with Gasteiger partial charge in [-0.1, -0.05) is 13.8 Å². The van der Waals surface area contributed by atoms with E-state index in [-0.39, 0.29) is 0 Å². The second-order valence-corrected chi connectivity index (χ2v) is 2.92. The molecule has 1 nitrogen and oxygen atoms in total. The molecule has 1 aromatic rings. The van der Waals surface area contributed by atoms with Gasteiger partial charge in [0.2, 0.25) is 0 Å². The third kappa shape index (κ3) is 1.41. The number of nitrogens with zero attached hydrogens (tertiary/aromatic N) is 1. The molecule has 1 aromatic heterocycles. The van der Waals surface area contributed by atoms with E-state index in [1.807, 2.05) is 0 Å². The van der Waals surface area contributed by atoms with E-state index in [9.17, 15) is 0 Å². The van der Waals surface area contributed by atoms with Crippen molar-refractivity contribution < 1.29 is 0 Å². The smallest absolute Gasteiger partial charge is 0.0106 e. The average Bonchev–Trinajstić information content (AvgIpc) is 2.34. The van der Waals surface area contributed by atoms with E-state index in [0.29, 0.717) is 5.92 Å². The van der Waals surface area contributed by atoms with Crippen LogP contribution in [-0.4, -0.2) is 4.57 Å². The summed E-state index contributed by atoms with van der Waals surface area (Å²) in [7, 11) is 2.06. The second kappa shape index (κ2) is 2.91. The van der Waals surface area contributed by atoms with E-state index < -0.39 is 0 Å². The van der Waals surface area contributed by atoms with Crippen molar-refractivity contribution in [2.45, 2.75) is 26.2 Å². The number of rotatable bonds is 2. The molecule has 1 heteroatoms. The summed E-state index contributed by atoms with van der Waals surface area (Å²) in [5.41, 5.74) is 1.45. The van der Waals surface area contributed by atoms with Crippen LogP contribution in [0.3, 0.4) is 0 Å². The fourth-order valence-electron chi connectivity index (χ4n) is 1.05. The molecule has 0 aromatic carbocycles. The standard InChI is InChI=1S/C9H15N/c1-4-8(2)9-5-6-10(3)7-9/h5-8H,4H2,1-3H3. The number of hydrogen-bond donors (Lipinski definition) is 0. The first-order valence-corrected chi connectivity index (χ1v) is 3.86. The maximum absolute atomic E-state index is 2.26. The van der Waals surface area contributed by atoms with Gasteiger partial charge in [0.05, 0.1) is 0 Å². The maximum Gasteiger partial charge on any atom is 0.0106 e. The van der Waals surface area contributed by atoms with Gasteiger partial charge < -0.3 is 4.57 Å². The Morgan fingerprint density at radius 2 is 2.30 bits per heavy atom. The fraction of sp³-hybridized carbons (Fsp3) is 0.556. The van der Waals surface area contributed by atoms with E-state index in [4.69, 9.17) is 0 Å². The summed E-state index contributed by atoms with van der Waals surface area (Å²) in [6.07, 6.45) is 5.51. The number of aromatic nitrogens is 1. The van der Waals surface area contributed by atoms with Gasteiger partial charge >= 0.3 is 0 Å². The Kier molecular flexibility index (Phi) is 2.15. The minimum atomic E-state index is 0.709. The molecule has 0 bridgehead atoms. The van der Waals surface area contributed by atoms with Gasteiger partial charge in [-0.15, -0.1) is 0 Å². The minimum Gasteiger partial charge on any atom is -0.357 e. The fourth-order valence-corrected chi connectivity index (χ4v) is 1.05. The molecule has 0 aliphatic rings. The van der Waals surface area contributed by atoms with Crippen molar-refractivity contribution in [2.75, 3.05) is 0 Å². The van der Waals surface area contributed by atoms with E-state index >= 15 is 0 Å². The van der Waals surface area contributed by atoms with Gasteiger partial charge in [-0.3, -0.25) is 0 Å². The van der Waals surface area contributed by atoms with Crippen LogP contribution in [-0.2, 0) is 7.05 Å². The zero-order chi connectivity index (χ0) is 7.56. The Labute approximate surface area is 62.7 Å². The Morgan fingerprint density at radius 1 is 1.60 bits per heavy atom. The first-order chi connectivity index (χ1) is 4.74. The number of hydrogen-bond acceptors (Lipinski definition) is 0. The van der Waals surface area contributed by atoms with Gasteiger partial charge in [0, 0.05) is 19.4 Å². The minimum absolute atomic E-state index is 0.709. The van der Waals surface area contributed by atoms with Gasteiger partial charge in [-0.25, -0.2) is 0 Å². The zero-order valence-electron chi connectivity index (χ0n) is 6.96. The summed E-state index contributed by atoms with van der Waals surface area (Å²) in [5, 5.41) is 0. The Balaban J connectivity index is 2.74. The molecule has 0 aliphatic heterocycles. The molecule has 1 unspecified atom stereocenters. The normalized spacial score (nSPS) is 13.5. The SMILES string of the molecule is CCC(C)c1ccn(C)c1. The molecular weight excluding hydrogens is 122 g/mol. The van der Waals surface area contributed by atoms with Crippen molar-refractivity contribution in [3.63, 3.8) is 0 Å². The molecule has 1 atom stereocenters. The molecule has 0 saturated heterocycles. The van der Waals surface area contributed by atoms with Crippen molar-refractivity contribution >= 4 is 0 Å². The molecule has 0 fully saturated rings. The highest BCUT2D eigenvalue weighted by Crippen LogP contribution is 2.17. The third-order valence-electron chi connectivity index (χ3n) is 2.04. The molecule has 0 N–H and O–H groups in total. The van der Waals surface area contributed by atoms with Crippen molar-refractivity contribution in [1.29, 1.82) is 0 Å². The number of aryl methyl sites for hydroxylation is 1. The summed E-state index contributed by atoms with van der Waals surface area (Å²) in [6.45, 7) is 4.48. The second-order valence-electron chi connectivity index (χ2n) is 2.92. The summed E-state index contributed by atoms with van der Waals surface area (Å²) >= 11 is 0. The highest BCUT2D eigenvalue weighted by Gasteiger charge is 2.01. The predicted molar refractivity (Wildman–Crippen MR) is 44.1 cm³/mol. The topological polar surface area (TPSA) is 4.93 Å². The molecule has 0 radical (unpaired) electrons. The Bertz CT molecular complexity index is 200. The van der Waals surface area contributed by atoms with Crippen LogP contribution in [0.4, 0.5) is 0 Å². The van der Waals surface area contributed by atoms with Crippen LogP contribution in [0.1, 0.15) is 31.7 Å². The maximum atomic E-state index is 2.26. The van der Waals surface area contributed by atoms with Gasteiger partial charge in [0.15, 0.2) is 0 Å². The average molecular weight is 137 g/mol. The molecule has 1 rings (SSSR count). The summed E-state index contributed by atoms with van der Waals surface area (Å²) in [6, 6.07) is 2.19. The lowest BCUT2D eigenvalue weighted by Gasteiger charge is -2.03. The van der Waals surface area contributed by atoms with Crippen molar-refractivity contribution in [3.05, 3.63) is 24.0 Å². The van der Waals surface area contributed by atoms with Crippen LogP contribution in [0.15, 0.2) is 18.5 Å². The van der Waals surface area contributed by atoms with Crippen molar-refractivity contribution in [2.24, 2.45) is 7.05 Å². The van der Waals surface area contributed by atoms with Gasteiger partial charge in [-0.05, 0) is 24.0 Å². The molecular formula is C9H15N. The molecule has 10 heavy (non-hydrogen) atoms. The molecule has 0 amide bonds. The van der Waals surface area contributed by atoms with E-state index in [0.717, 1.165) is 0 Å². The predicted octanol–water partition coefficient (Wildman–Crippen LogP) is 2.54. The summed E-state index contributed by atoms with van der Waals surface area (Å²) in [5.74, 6) is 0.709. The molecule has 0 spiro atoms. The summed E-state index contributed by atoms with van der Waals surface area (Å²) < 4.78 is 2.10. The van der Waals surface area contributed by atoms with Crippen LogP contribution < -0.4 is 0 Å². The molecule has 0 saturated carbocycles. The highest BCUT2D eigenvalue weighted by atomic mass is 14.9. The quantitative estimate of drug-likeness (QED) is 0.590. The van der Waals surface area contributed by atoms with E-state index in [1.165, 1.54) is 12.0 Å². The lowest BCUT2D eigenvalue weighted by atomic mass is 10.0. The van der Waals surface area contributed by atoms with Crippen molar-refractivity contribution in [3.8, 4) is 0 Å². The van der Waals surface area contributed by atoms with Gasteiger partial charge in [-0.2, -0.15) is 0 Å². The third-order valence-corrected chi connectivity index (χ3v) is 2.04. The van der Waals surface area contributed by atoms with Crippen molar-refractivity contribution in [1.82, 2.24) is 4.57 Å². The van der Waals surface area contributed by atoms with Gasteiger partial charge in [0.25, 0.3) is 0 Å². The molecule has 0 aliphatic carbocycles. The Hall–Kier alpha value is -0.720. The Morgan fingerprint density at radius 3 is 2.70 bits per heavy atom. The monoisotopic (exact) mass is 137 g/mol. The highest BCUT2D eigenvalue weighted by molar-refractivity contribution is 5.14.